The van der Waals surface area contributed by atoms with E-state index in [4.69, 9.17) is 17.0 Å². The molecule has 92 valence electrons. The van der Waals surface area contributed by atoms with Crippen LogP contribution in [0.1, 0.15) is 16.8 Å². The highest BCUT2D eigenvalue weighted by molar-refractivity contribution is 7.71. The van der Waals surface area contributed by atoms with Crippen LogP contribution in [-0.4, -0.2) is 21.6 Å². The molecule has 3 heterocycles. The molecule has 18 heavy (non-hydrogen) atoms. The molecule has 3 rings (SSSR count). The molecule has 0 spiro atoms. The van der Waals surface area contributed by atoms with Crippen LogP contribution in [0.4, 0.5) is 0 Å². The lowest BCUT2D eigenvalue weighted by Gasteiger charge is -2.16. The van der Waals surface area contributed by atoms with Gasteiger partial charge in [-0.25, -0.2) is 4.98 Å². The molecule has 0 radical (unpaired) electrons. The number of rotatable bonds is 1. The summed E-state index contributed by atoms with van der Waals surface area (Å²) in [5.41, 5.74) is 4.12. The number of fused-ring (bicyclic) bond motifs is 1. The maximum atomic E-state index is 5.40. The van der Waals surface area contributed by atoms with Gasteiger partial charge in [0.2, 0.25) is 0 Å². The van der Waals surface area contributed by atoms with E-state index in [-0.39, 0.29) is 0 Å². The average molecular weight is 259 g/mol. The third-order valence-corrected chi connectivity index (χ3v) is 3.34. The van der Waals surface area contributed by atoms with E-state index in [1.54, 1.807) is 6.20 Å². The second-order valence-electron chi connectivity index (χ2n) is 4.37. The van der Waals surface area contributed by atoms with Crippen LogP contribution in [0.3, 0.4) is 0 Å². The summed E-state index contributed by atoms with van der Waals surface area (Å²) in [5.74, 6) is 0.740. The normalized spacial score (nSPS) is 14.3. The molecular formula is C13H13N3OS. The molecule has 0 atom stereocenters. The number of aryl methyl sites for hydroxylation is 1. The number of ether oxygens (including phenoxy) is 1. The van der Waals surface area contributed by atoms with Crippen LogP contribution in [0.5, 0.6) is 0 Å². The number of pyridine rings is 1. The first-order chi connectivity index (χ1) is 8.74. The monoisotopic (exact) mass is 259 g/mol. The molecule has 0 saturated carbocycles. The first kappa shape index (κ1) is 11.5. The van der Waals surface area contributed by atoms with Crippen molar-refractivity contribution < 1.29 is 4.74 Å². The zero-order chi connectivity index (χ0) is 12.5. The van der Waals surface area contributed by atoms with E-state index in [0.29, 0.717) is 11.2 Å². The molecule has 1 aliphatic heterocycles. The van der Waals surface area contributed by atoms with Gasteiger partial charge in [0.05, 0.1) is 13.2 Å². The Morgan fingerprint density at radius 2 is 2.33 bits per heavy atom. The first-order valence-electron chi connectivity index (χ1n) is 5.87. The summed E-state index contributed by atoms with van der Waals surface area (Å²) < 4.78 is 6.01. The van der Waals surface area contributed by atoms with Crippen molar-refractivity contribution >= 4 is 12.2 Å². The van der Waals surface area contributed by atoms with Gasteiger partial charge >= 0.3 is 0 Å². The Hall–Kier alpha value is -1.59. The number of nitrogens with one attached hydrogen (secondary N) is 1. The maximum Gasteiger partial charge on any atom is 0.157 e. The minimum absolute atomic E-state index is 0.555. The highest BCUT2D eigenvalue weighted by Gasteiger charge is 2.14. The SMILES string of the molecule is Cc1ccnc(-c2nc(=S)c3c([nH]2)CCOC3)c1. The highest BCUT2D eigenvalue weighted by Crippen LogP contribution is 2.20. The lowest BCUT2D eigenvalue weighted by Crippen LogP contribution is -2.14. The molecule has 2 aromatic heterocycles. The van der Waals surface area contributed by atoms with Crippen LogP contribution in [0.25, 0.3) is 11.5 Å². The lowest BCUT2D eigenvalue weighted by molar-refractivity contribution is 0.108. The third-order valence-electron chi connectivity index (χ3n) is 3.01. The van der Waals surface area contributed by atoms with Crippen molar-refractivity contribution in [1.82, 2.24) is 15.0 Å². The van der Waals surface area contributed by atoms with Gasteiger partial charge in [-0.2, -0.15) is 0 Å². The summed E-state index contributed by atoms with van der Waals surface area (Å²) >= 11 is 5.32. The van der Waals surface area contributed by atoms with Gasteiger partial charge in [-0.3, -0.25) is 4.98 Å². The van der Waals surface area contributed by atoms with Crippen LogP contribution in [0, 0.1) is 11.6 Å². The standard InChI is InChI=1S/C13H13N3OS/c1-8-2-4-14-11(6-8)12-15-10-3-5-17-7-9(10)13(18)16-12/h2,4,6H,3,5,7H2,1H3,(H,15,16,18). The second-order valence-corrected chi connectivity index (χ2v) is 4.76. The minimum atomic E-state index is 0.555. The Kier molecular flexibility index (Phi) is 2.93. The highest BCUT2D eigenvalue weighted by atomic mass is 32.1. The summed E-state index contributed by atoms with van der Waals surface area (Å²) in [6.45, 7) is 3.31. The van der Waals surface area contributed by atoms with Gasteiger partial charge in [0.1, 0.15) is 10.3 Å². The summed E-state index contributed by atoms with van der Waals surface area (Å²) in [5, 5.41) is 0. The van der Waals surface area contributed by atoms with Crippen LogP contribution >= 0.6 is 12.2 Å². The van der Waals surface area contributed by atoms with E-state index in [2.05, 4.69) is 15.0 Å². The largest absolute Gasteiger partial charge is 0.376 e. The van der Waals surface area contributed by atoms with Crippen molar-refractivity contribution in [3.63, 3.8) is 0 Å². The van der Waals surface area contributed by atoms with Crippen molar-refractivity contribution in [2.45, 2.75) is 20.0 Å². The maximum absolute atomic E-state index is 5.40. The Morgan fingerprint density at radius 3 is 3.17 bits per heavy atom. The Bertz CT molecular complexity index is 651. The van der Waals surface area contributed by atoms with Gasteiger partial charge in [0, 0.05) is 23.9 Å². The smallest absolute Gasteiger partial charge is 0.157 e. The van der Waals surface area contributed by atoms with Crippen LogP contribution < -0.4 is 0 Å². The van der Waals surface area contributed by atoms with Crippen molar-refractivity contribution in [3.05, 3.63) is 39.8 Å². The fraction of sp³-hybridized carbons (Fsp3) is 0.308. The van der Waals surface area contributed by atoms with Crippen LogP contribution in [-0.2, 0) is 17.8 Å². The number of nitrogens with zero attached hydrogens (tertiary/aromatic N) is 2. The minimum Gasteiger partial charge on any atom is -0.376 e. The second kappa shape index (κ2) is 4.59. The molecule has 0 amide bonds. The zero-order valence-electron chi connectivity index (χ0n) is 10.1. The fourth-order valence-electron chi connectivity index (χ4n) is 2.04. The molecule has 0 aliphatic carbocycles. The molecule has 4 nitrogen and oxygen atoms in total. The van der Waals surface area contributed by atoms with Crippen molar-refractivity contribution in [2.24, 2.45) is 0 Å². The molecule has 2 aromatic rings. The summed E-state index contributed by atoms with van der Waals surface area (Å²) in [7, 11) is 0. The number of aromatic nitrogens is 3. The number of hydrogen-bond donors (Lipinski definition) is 1. The number of aromatic amines is 1. The molecule has 0 aromatic carbocycles. The topological polar surface area (TPSA) is 50.8 Å². The summed E-state index contributed by atoms with van der Waals surface area (Å²) in [6, 6.07) is 3.96. The molecule has 0 saturated heterocycles. The molecule has 0 unspecified atom stereocenters. The van der Waals surface area contributed by atoms with Crippen LogP contribution in [0.15, 0.2) is 18.3 Å². The Morgan fingerprint density at radius 1 is 1.44 bits per heavy atom. The van der Waals surface area contributed by atoms with E-state index < -0.39 is 0 Å². The molecule has 1 aliphatic rings. The predicted molar refractivity (Wildman–Crippen MR) is 70.7 cm³/mol. The van der Waals surface area contributed by atoms with Gasteiger partial charge < -0.3 is 9.72 Å². The molecule has 0 bridgehead atoms. The van der Waals surface area contributed by atoms with E-state index in [1.807, 2.05) is 19.1 Å². The predicted octanol–water partition coefficient (Wildman–Crippen LogP) is 2.58. The lowest BCUT2D eigenvalue weighted by atomic mass is 10.1. The Labute approximate surface area is 110 Å². The van der Waals surface area contributed by atoms with Gasteiger partial charge in [-0.05, 0) is 24.6 Å². The molecule has 1 N–H and O–H groups in total. The van der Waals surface area contributed by atoms with Gasteiger partial charge in [-0.15, -0.1) is 0 Å². The zero-order valence-corrected chi connectivity index (χ0v) is 10.9. The summed E-state index contributed by atoms with van der Waals surface area (Å²) in [6.07, 6.45) is 2.63. The van der Waals surface area contributed by atoms with Gasteiger partial charge in [0.15, 0.2) is 5.82 Å². The van der Waals surface area contributed by atoms with E-state index in [1.165, 1.54) is 0 Å². The third kappa shape index (κ3) is 2.07. The van der Waals surface area contributed by atoms with Gasteiger partial charge in [-0.1, -0.05) is 12.2 Å². The summed E-state index contributed by atoms with van der Waals surface area (Å²) in [4.78, 5) is 12.1. The quantitative estimate of drug-likeness (QED) is 0.800. The number of hydrogen-bond acceptors (Lipinski definition) is 4. The van der Waals surface area contributed by atoms with Crippen molar-refractivity contribution in [2.75, 3.05) is 6.61 Å². The van der Waals surface area contributed by atoms with E-state index in [0.717, 1.165) is 41.4 Å². The average Bonchev–Trinajstić information content (AvgIpc) is 2.39. The first-order valence-corrected chi connectivity index (χ1v) is 6.28. The van der Waals surface area contributed by atoms with E-state index >= 15 is 0 Å². The number of H-pyrrole nitrogens is 1. The van der Waals surface area contributed by atoms with Crippen molar-refractivity contribution in [1.29, 1.82) is 0 Å². The van der Waals surface area contributed by atoms with Crippen LogP contribution in [0.2, 0.25) is 0 Å². The molecular weight excluding hydrogens is 246 g/mol. The Balaban J connectivity index is 2.14. The fourth-order valence-corrected chi connectivity index (χ4v) is 2.32. The van der Waals surface area contributed by atoms with Gasteiger partial charge in [0.25, 0.3) is 0 Å². The molecule has 0 fully saturated rings. The van der Waals surface area contributed by atoms with E-state index in [9.17, 15) is 0 Å². The molecule has 5 heteroatoms. The van der Waals surface area contributed by atoms with Crippen molar-refractivity contribution in [3.8, 4) is 11.5 Å².